The molecule has 1 aromatic carbocycles. The lowest BCUT2D eigenvalue weighted by Gasteiger charge is -2.32. The van der Waals surface area contributed by atoms with Gasteiger partial charge < -0.3 is 4.74 Å². The van der Waals surface area contributed by atoms with Gasteiger partial charge in [-0.2, -0.15) is 48.3 Å². The number of rotatable bonds is 6. The minimum atomic E-state index is -7.16. The lowest BCUT2D eigenvalue weighted by molar-refractivity contribution is -0.513. The molecule has 2 nitrogen and oxygen atoms in total. The van der Waals surface area contributed by atoms with Crippen molar-refractivity contribution in [3.05, 3.63) is 30.3 Å². The third-order valence-electron chi connectivity index (χ3n) is 2.31. The maximum atomic E-state index is 13.1. The van der Waals surface area contributed by atoms with Crippen LogP contribution in [0.1, 0.15) is 0 Å². The van der Waals surface area contributed by atoms with Crippen LogP contribution in [0, 0.1) is 0 Å². The van der Waals surface area contributed by atoms with Gasteiger partial charge in [-0.1, -0.05) is 18.2 Å². The van der Waals surface area contributed by atoms with Crippen molar-refractivity contribution in [1.29, 1.82) is 0 Å². The second kappa shape index (κ2) is 5.93. The second-order valence-electron chi connectivity index (χ2n) is 4.14. The summed E-state index contributed by atoms with van der Waals surface area (Å²) in [4.78, 5) is 0. The van der Waals surface area contributed by atoms with Gasteiger partial charge in [-0.3, -0.25) is 0 Å². The fraction of sp³-hybridized carbons (Fsp3) is 0.455. The van der Waals surface area contributed by atoms with E-state index in [0.29, 0.717) is 12.1 Å². The van der Waals surface area contributed by atoms with E-state index in [4.69, 9.17) is 0 Å². The Hall–Kier alpha value is -1.79. The Morgan fingerprint density at radius 1 is 0.583 bits per heavy atom. The van der Waals surface area contributed by atoms with E-state index in [1.54, 1.807) is 0 Å². The first-order chi connectivity index (χ1) is 10.5. The molecule has 0 aromatic heterocycles. The zero-order chi connectivity index (χ0) is 19.0. The van der Waals surface area contributed by atoms with Gasteiger partial charge in [0.2, 0.25) is 0 Å². The molecule has 0 saturated heterocycles. The number of alkyl halides is 11. The molecule has 0 saturated carbocycles. The summed E-state index contributed by atoms with van der Waals surface area (Å²) in [7, 11) is 0. The second-order valence-corrected chi connectivity index (χ2v) is 4.14. The van der Waals surface area contributed by atoms with Crippen molar-refractivity contribution in [1.82, 2.24) is 0 Å². The molecule has 13 heteroatoms. The molecular weight excluding hydrogens is 373 g/mol. The van der Waals surface area contributed by atoms with Gasteiger partial charge in [-0.05, 0) is 12.1 Å². The van der Waals surface area contributed by atoms with Crippen molar-refractivity contribution < 1.29 is 57.8 Å². The van der Waals surface area contributed by atoms with Crippen molar-refractivity contribution >= 4 is 0 Å². The smallest absolute Gasteiger partial charge is 0.426 e. The number of benzene rings is 1. The molecule has 0 amide bonds. The van der Waals surface area contributed by atoms with E-state index in [1.165, 1.54) is 6.07 Å². The molecule has 0 radical (unpaired) electrons. The summed E-state index contributed by atoms with van der Waals surface area (Å²) >= 11 is 0. The summed E-state index contributed by atoms with van der Waals surface area (Å²) < 4.78 is 143. The predicted molar refractivity (Wildman–Crippen MR) is 54.0 cm³/mol. The molecule has 24 heavy (non-hydrogen) atoms. The van der Waals surface area contributed by atoms with E-state index in [0.717, 1.165) is 12.1 Å². The van der Waals surface area contributed by atoms with Crippen LogP contribution in [0.15, 0.2) is 30.3 Å². The molecule has 0 aliphatic rings. The lowest BCUT2D eigenvalue weighted by Crippen LogP contribution is -2.59. The van der Waals surface area contributed by atoms with Crippen molar-refractivity contribution in [2.45, 2.75) is 30.4 Å². The van der Waals surface area contributed by atoms with E-state index < -0.39 is 36.2 Å². The molecule has 0 heterocycles. The average molecular weight is 378 g/mol. The Morgan fingerprint density at radius 2 is 1.04 bits per heavy atom. The minimum Gasteiger partial charge on any atom is -0.426 e. The number of ether oxygens (including phenoxy) is 2. The van der Waals surface area contributed by atoms with Crippen LogP contribution >= 0.6 is 0 Å². The van der Waals surface area contributed by atoms with Gasteiger partial charge in [-0.25, -0.2) is 4.74 Å². The molecule has 0 N–H and O–H groups in total. The lowest BCUT2D eigenvalue weighted by atomic mass is 10.3. The van der Waals surface area contributed by atoms with E-state index in [2.05, 4.69) is 4.74 Å². The van der Waals surface area contributed by atoms with Crippen LogP contribution in [-0.4, -0.2) is 30.4 Å². The first-order valence-electron chi connectivity index (χ1n) is 5.56. The summed E-state index contributed by atoms with van der Waals surface area (Å²) in [6.07, 6.45) is -26.6. The van der Waals surface area contributed by atoms with Crippen molar-refractivity contribution in [2.24, 2.45) is 0 Å². The van der Waals surface area contributed by atoms with Crippen molar-refractivity contribution in [3.8, 4) is 5.75 Å². The van der Waals surface area contributed by atoms with Crippen LogP contribution in [0.3, 0.4) is 0 Å². The van der Waals surface area contributed by atoms with E-state index in [1.807, 2.05) is 4.74 Å². The Balaban J connectivity index is 3.06. The fourth-order valence-corrected chi connectivity index (χ4v) is 1.15. The highest BCUT2D eigenvalue weighted by atomic mass is 19.4. The van der Waals surface area contributed by atoms with Crippen LogP contribution in [0.4, 0.5) is 48.3 Å². The molecule has 1 rings (SSSR count). The zero-order valence-electron chi connectivity index (χ0n) is 10.9. The number of para-hydroxylation sites is 1. The Morgan fingerprint density at radius 3 is 1.46 bits per heavy atom. The molecule has 0 atom stereocenters. The van der Waals surface area contributed by atoms with Gasteiger partial charge >= 0.3 is 30.4 Å². The van der Waals surface area contributed by atoms with Gasteiger partial charge in [0.15, 0.2) is 0 Å². The normalized spacial score (nSPS) is 14.6. The van der Waals surface area contributed by atoms with Crippen molar-refractivity contribution in [3.63, 3.8) is 0 Å². The third-order valence-corrected chi connectivity index (χ3v) is 2.31. The SMILES string of the molecule is FC(F)(F)C(F)(F)C(F)(F)OC(F)(F)C(F)(F)Oc1ccccc1. The summed E-state index contributed by atoms with van der Waals surface area (Å²) in [5, 5.41) is 0. The fourth-order valence-electron chi connectivity index (χ4n) is 1.15. The minimum absolute atomic E-state index is 0.659. The van der Waals surface area contributed by atoms with Crippen LogP contribution < -0.4 is 4.74 Å². The Labute approximate surface area is 125 Å². The van der Waals surface area contributed by atoms with E-state index in [9.17, 15) is 48.3 Å². The van der Waals surface area contributed by atoms with Gasteiger partial charge in [0.05, 0.1) is 0 Å². The van der Waals surface area contributed by atoms with Crippen LogP contribution in [0.25, 0.3) is 0 Å². The van der Waals surface area contributed by atoms with Gasteiger partial charge in [0, 0.05) is 0 Å². The van der Waals surface area contributed by atoms with Crippen LogP contribution in [0.2, 0.25) is 0 Å². The standard InChI is InChI=1S/C11H5F11O2/c12-7(13,8(14,15)16)9(17,18)24-11(21,22)10(19,20)23-6-4-2-1-3-5-6/h1-5H. The average Bonchev–Trinajstić information content (AvgIpc) is 2.36. The highest BCUT2D eigenvalue weighted by Gasteiger charge is 2.79. The Bertz CT molecular complexity index is 553. The summed E-state index contributed by atoms with van der Waals surface area (Å²) in [5.74, 6) is -8.18. The molecule has 0 fully saturated rings. The number of hydrogen-bond donors (Lipinski definition) is 0. The molecule has 0 bridgehead atoms. The maximum Gasteiger partial charge on any atom is 0.494 e. The summed E-state index contributed by atoms with van der Waals surface area (Å²) in [5.41, 5.74) is 0. The molecular formula is C11H5F11O2. The van der Waals surface area contributed by atoms with Gasteiger partial charge in [-0.15, -0.1) is 0 Å². The first kappa shape index (κ1) is 20.3. The van der Waals surface area contributed by atoms with Gasteiger partial charge in [0.1, 0.15) is 5.75 Å². The molecule has 0 aliphatic heterocycles. The van der Waals surface area contributed by atoms with Crippen LogP contribution in [-0.2, 0) is 4.74 Å². The molecule has 0 unspecified atom stereocenters. The van der Waals surface area contributed by atoms with Crippen molar-refractivity contribution in [2.75, 3.05) is 0 Å². The Kier molecular flexibility index (Phi) is 5.01. The maximum absolute atomic E-state index is 13.1. The van der Waals surface area contributed by atoms with E-state index in [-0.39, 0.29) is 0 Å². The van der Waals surface area contributed by atoms with Gasteiger partial charge in [0.25, 0.3) is 0 Å². The topological polar surface area (TPSA) is 18.5 Å². The summed E-state index contributed by atoms with van der Waals surface area (Å²) in [6.45, 7) is 0. The largest absolute Gasteiger partial charge is 0.494 e. The quantitative estimate of drug-likeness (QED) is 0.645. The highest BCUT2D eigenvalue weighted by molar-refractivity contribution is 5.21. The number of halogens is 11. The van der Waals surface area contributed by atoms with Crippen LogP contribution in [0.5, 0.6) is 5.75 Å². The molecule has 0 aliphatic carbocycles. The third kappa shape index (κ3) is 3.82. The predicted octanol–water partition coefficient (Wildman–Crippen LogP) is 5.06. The molecule has 0 spiro atoms. The zero-order valence-corrected chi connectivity index (χ0v) is 10.9. The monoisotopic (exact) mass is 378 g/mol. The first-order valence-corrected chi connectivity index (χ1v) is 5.56. The highest BCUT2D eigenvalue weighted by Crippen LogP contribution is 2.51. The molecule has 138 valence electrons. The number of hydrogen-bond acceptors (Lipinski definition) is 2. The summed E-state index contributed by atoms with van der Waals surface area (Å²) in [6, 6.07) is 4.53. The van der Waals surface area contributed by atoms with E-state index >= 15 is 0 Å². The molecule has 1 aromatic rings.